The van der Waals surface area contributed by atoms with Gasteiger partial charge in [-0.15, -0.1) is 0 Å². The van der Waals surface area contributed by atoms with Gasteiger partial charge < -0.3 is 24.5 Å². The summed E-state index contributed by atoms with van der Waals surface area (Å²) in [6.45, 7) is 3.55. The number of pyridine rings is 1. The summed E-state index contributed by atoms with van der Waals surface area (Å²) < 4.78 is 24.1. The number of fused-ring (bicyclic) bond motifs is 2. The number of ether oxygens (including phenoxy) is 1. The molecule has 0 radical (unpaired) electrons. The zero-order valence-electron chi connectivity index (χ0n) is 20.9. The molecule has 0 spiro atoms. The molecule has 188 valence electrons. The molecule has 0 unspecified atom stereocenters. The summed E-state index contributed by atoms with van der Waals surface area (Å²) in [6, 6.07) is 9.26. The van der Waals surface area contributed by atoms with E-state index in [0.29, 0.717) is 23.4 Å². The first-order chi connectivity index (χ1) is 17.3. The van der Waals surface area contributed by atoms with Crippen LogP contribution < -0.4 is 10.5 Å². The van der Waals surface area contributed by atoms with Crippen LogP contribution in [0.3, 0.4) is 0 Å². The summed E-state index contributed by atoms with van der Waals surface area (Å²) in [4.78, 5) is 24.4. The lowest BCUT2D eigenvalue weighted by atomic mass is 10.0. The van der Waals surface area contributed by atoms with Crippen molar-refractivity contribution in [2.45, 2.75) is 44.9 Å². The summed E-state index contributed by atoms with van der Waals surface area (Å²) in [6.07, 6.45) is 3.37. The van der Waals surface area contributed by atoms with E-state index in [4.69, 9.17) is 15.5 Å². The van der Waals surface area contributed by atoms with Gasteiger partial charge in [-0.05, 0) is 55.0 Å². The van der Waals surface area contributed by atoms with Crippen LogP contribution in [0.15, 0.2) is 36.5 Å². The molecule has 9 heteroatoms. The van der Waals surface area contributed by atoms with Gasteiger partial charge in [0.2, 0.25) is 0 Å². The van der Waals surface area contributed by atoms with Crippen LogP contribution >= 0.6 is 0 Å². The number of likely N-dealkylation sites (tertiary alicyclic amines) is 1. The fourth-order valence-electron chi connectivity index (χ4n) is 5.43. The van der Waals surface area contributed by atoms with Crippen molar-refractivity contribution in [1.29, 1.82) is 0 Å². The number of imidazole rings is 1. The van der Waals surface area contributed by atoms with E-state index in [1.807, 2.05) is 23.9 Å². The third-order valence-corrected chi connectivity index (χ3v) is 7.65. The number of carbonyl (C=O) groups is 1. The number of benzene rings is 1. The Kier molecular flexibility index (Phi) is 5.29. The van der Waals surface area contributed by atoms with Crippen LogP contribution in [0.1, 0.15) is 36.5 Å². The zero-order valence-corrected chi connectivity index (χ0v) is 20.9. The normalized spacial score (nSPS) is 21.3. The van der Waals surface area contributed by atoms with Crippen LogP contribution in [0.25, 0.3) is 33.6 Å². The number of hydrogen-bond acceptors (Lipinski definition) is 5. The fourth-order valence-corrected chi connectivity index (χ4v) is 5.43. The van der Waals surface area contributed by atoms with Crippen molar-refractivity contribution in [3.8, 4) is 17.3 Å². The molecule has 0 bridgehead atoms. The van der Waals surface area contributed by atoms with Crippen molar-refractivity contribution < 1.29 is 13.9 Å². The molecule has 1 saturated heterocycles. The second-order valence-corrected chi connectivity index (χ2v) is 10.7. The van der Waals surface area contributed by atoms with E-state index < -0.39 is 6.17 Å². The highest BCUT2D eigenvalue weighted by atomic mass is 19.1. The Balaban J connectivity index is 1.47. The minimum Gasteiger partial charge on any atom is -0.494 e. The fraction of sp³-hybridized carbons (Fsp3) is 0.444. The van der Waals surface area contributed by atoms with Crippen LogP contribution in [0.4, 0.5) is 4.39 Å². The number of carbonyl (C=O) groups excluding carboxylic acids is 1. The van der Waals surface area contributed by atoms with Gasteiger partial charge in [-0.1, -0.05) is 6.92 Å². The quantitative estimate of drug-likeness (QED) is 0.458. The first-order valence-electron chi connectivity index (χ1n) is 12.4. The maximum absolute atomic E-state index is 14.1. The number of hydrogen-bond donors (Lipinski definition) is 1. The van der Waals surface area contributed by atoms with Crippen LogP contribution in [0.5, 0.6) is 5.75 Å². The molecule has 1 saturated carbocycles. The average Bonchev–Trinajstić information content (AvgIpc) is 3.34. The van der Waals surface area contributed by atoms with E-state index in [2.05, 4.69) is 28.6 Å². The Bertz CT molecular complexity index is 1480. The van der Waals surface area contributed by atoms with E-state index in [1.165, 1.54) is 17.7 Å². The third-order valence-electron chi connectivity index (χ3n) is 7.65. The molecule has 1 aromatic carbocycles. The number of alkyl halides is 1. The van der Waals surface area contributed by atoms with Crippen molar-refractivity contribution in [1.82, 2.24) is 24.0 Å². The molecule has 6 rings (SSSR count). The lowest BCUT2D eigenvalue weighted by molar-refractivity contribution is 0.0606. The Morgan fingerprint density at radius 1 is 1.28 bits per heavy atom. The zero-order chi connectivity index (χ0) is 25.2. The summed E-state index contributed by atoms with van der Waals surface area (Å²) in [7, 11) is 3.54. The molecule has 1 amide bonds. The van der Waals surface area contributed by atoms with E-state index >= 15 is 0 Å². The minimum atomic E-state index is -1.12. The number of piperidine rings is 1. The predicted octanol–water partition coefficient (Wildman–Crippen LogP) is 3.91. The second kappa shape index (κ2) is 8.30. The maximum Gasteiger partial charge on any atom is 0.254 e. The molecule has 1 aliphatic carbocycles. The Morgan fingerprint density at radius 2 is 2.08 bits per heavy atom. The Hall–Kier alpha value is -3.46. The topological polar surface area (TPSA) is 91.2 Å². The molecule has 36 heavy (non-hydrogen) atoms. The highest BCUT2D eigenvalue weighted by Crippen LogP contribution is 2.48. The molecule has 2 N–H and O–H groups in total. The van der Waals surface area contributed by atoms with Crippen LogP contribution in [-0.2, 0) is 13.6 Å². The standard InChI is InChI=1S/C27H31FN6O2/c1-27(6-7-27)15-34-21(10-16-5-4-8-30-24(16)34)25-31-20-9-17(11-22(36-3)23(20)32(25)2)26(35)33-13-18(28)12-19(29)14-33/h4-5,8-11,18-19H,6-7,12-15,29H2,1-3H3/t18-,19-/m0/s1. The number of methoxy groups -OCH3 is 1. The highest BCUT2D eigenvalue weighted by molar-refractivity contribution is 6.00. The van der Waals surface area contributed by atoms with Gasteiger partial charge in [-0.3, -0.25) is 4.79 Å². The number of nitrogens with zero attached hydrogens (tertiary/aromatic N) is 5. The molecule has 4 heterocycles. The lowest BCUT2D eigenvalue weighted by Gasteiger charge is -2.33. The summed E-state index contributed by atoms with van der Waals surface area (Å²) in [5, 5.41) is 1.06. The van der Waals surface area contributed by atoms with Crippen molar-refractivity contribution in [3.63, 3.8) is 0 Å². The summed E-state index contributed by atoms with van der Waals surface area (Å²) >= 11 is 0. The highest BCUT2D eigenvalue weighted by Gasteiger charge is 2.39. The number of halogens is 1. The molecular weight excluding hydrogens is 459 g/mol. The average molecular weight is 491 g/mol. The van der Waals surface area contributed by atoms with Gasteiger partial charge in [0.1, 0.15) is 23.1 Å². The molecular formula is C27H31FN6O2. The van der Waals surface area contributed by atoms with E-state index in [-0.39, 0.29) is 30.3 Å². The second-order valence-electron chi connectivity index (χ2n) is 10.7. The van der Waals surface area contributed by atoms with Gasteiger partial charge in [0.25, 0.3) is 5.91 Å². The molecule has 2 fully saturated rings. The van der Waals surface area contributed by atoms with Crippen molar-refractivity contribution >= 4 is 28.0 Å². The molecule has 8 nitrogen and oxygen atoms in total. The first kappa shape index (κ1) is 23.0. The number of aromatic nitrogens is 4. The van der Waals surface area contributed by atoms with E-state index in [1.54, 1.807) is 19.2 Å². The molecule has 2 aliphatic rings. The van der Waals surface area contributed by atoms with Crippen molar-refractivity contribution in [2.24, 2.45) is 18.2 Å². The van der Waals surface area contributed by atoms with E-state index in [9.17, 15) is 9.18 Å². The summed E-state index contributed by atoms with van der Waals surface area (Å²) in [5.41, 5.74) is 10.0. The third kappa shape index (κ3) is 3.82. The number of amides is 1. The lowest BCUT2D eigenvalue weighted by Crippen LogP contribution is -2.50. The van der Waals surface area contributed by atoms with E-state index in [0.717, 1.165) is 34.6 Å². The Labute approximate surface area is 208 Å². The van der Waals surface area contributed by atoms with Gasteiger partial charge in [-0.25, -0.2) is 14.4 Å². The maximum atomic E-state index is 14.1. The molecule has 3 aromatic heterocycles. The van der Waals surface area contributed by atoms with Gasteiger partial charge >= 0.3 is 0 Å². The monoisotopic (exact) mass is 490 g/mol. The van der Waals surface area contributed by atoms with Gasteiger partial charge in [-0.2, -0.15) is 0 Å². The van der Waals surface area contributed by atoms with Crippen LogP contribution in [-0.4, -0.2) is 62.3 Å². The molecule has 2 atom stereocenters. The molecule has 1 aliphatic heterocycles. The largest absolute Gasteiger partial charge is 0.494 e. The number of aryl methyl sites for hydroxylation is 1. The van der Waals surface area contributed by atoms with Crippen molar-refractivity contribution in [3.05, 3.63) is 42.1 Å². The minimum absolute atomic E-state index is 0.0478. The van der Waals surface area contributed by atoms with Crippen molar-refractivity contribution in [2.75, 3.05) is 20.2 Å². The van der Waals surface area contributed by atoms with Gasteiger partial charge in [0.05, 0.1) is 24.9 Å². The number of rotatable bonds is 5. The predicted molar refractivity (Wildman–Crippen MR) is 137 cm³/mol. The number of nitrogens with two attached hydrogens (primary N) is 1. The first-order valence-corrected chi connectivity index (χ1v) is 12.4. The smallest absolute Gasteiger partial charge is 0.254 e. The Morgan fingerprint density at radius 3 is 2.81 bits per heavy atom. The van der Waals surface area contributed by atoms with Gasteiger partial charge in [0, 0.05) is 43.3 Å². The van der Waals surface area contributed by atoms with Crippen LogP contribution in [0.2, 0.25) is 0 Å². The van der Waals surface area contributed by atoms with Crippen LogP contribution in [0, 0.1) is 5.41 Å². The molecule has 4 aromatic rings. The summed E-state index contributed by atoms with van der Waals surface area (Å²) in [5.74, 6) is 1.06. The SMILES string of the molecule is COc1cc(C(=O)N2C[C@@H](N)C[C@H](F)C2)cc2nc(-c3cc4cccnc4n3CC3(C)CC3)n(C)c12. The van der Waals surface area contributed by atoms with Gasteiger partial charge in [0.15, 0.2) is 5.82 Å².